The highest BCUT2D eigenvalue weighted by Gasteiger charge is 2.20. The lowest BCUT2D eigenvalue weighted by molar-refractivity contribution is 0.0981. The van der Waals surface area contributed by atoms with Crippen LogP contribution in [0.2, 0.25) is 0 Å². The second-order valence-electron chi connectivity index (χ2n) is 8.02. The zero-order chi connectivity index (χ0) is 25.8. The zero-order valence-corrected chi connectivity index (χ0v) is 23.3. The summed E-state index contributed by atoms with van der Waals surface area (Å²) < 4.78 is 34.2. The molecule has 2 heterocycles. The van der Waals surface area contributed by atoms with Crippen LogP contribution < -0.4 is 9.46 Å². The van der Waals surface area contributed by atoms with E-state index in [0.717, 1.165) is 48.7 Å². The third-order valence-corrected chi connectivity index (χ3v) is 9.72. The number of benzene rings is 3. The summed E-state index contributed by atoms with van der Waals surface area (Å²) in [4.78, 5) is 13.6. The number of thiophene rings is 2. The standard InChI is InChI=1S/C28H20BrNO4S3/c29-22-12-13-25(34-18-19-5-2-1-3-6-19)24(17-22)23-14-16-36-27(23)20-8-10-21(11-9-20)28(31)30-37(32,33)26-7-4-15-35-26/h1-17H,18H2,(H,30,31). The number of nitrogens with one attached hydrogen (secondary N) is 1. The van der Waals surface area contributed by atoms with E-state index in [0.29, 0.717) is 6.61 Å². The fourth-order valence-corrected chi connectivity index (χ4v) is 6.98. The highest BCUT2D eigenvalue weighted by Crippen LogP contribution is 2.42. The van der Waals surface area contributed by atoms with Gasteiger partial charge in [-0.1, -0.05) is 64.5 Å². The van der Waals surface area contributed by atoms with E-state index < -0.39 is 15.9 Å². The van der Waals surface area contributed by atoms with Crippen molar-refractivity contribution in [3.05, 3.63) is 117 Å². The summed E-state index contributed by atoms with van der Waals surface area (Å²) in [6.07, 6.45) is 0. The maximum absolute atomic E-state index is 12.6. The molecule has 0 aliphatic heterocycles. The van der Waals surface area contributed by atoms with Crippen LogP contribution in [0.4, 0.5) is 0 Å². The Morgan fingerprint density at radius 3 is 2.35 bits per heavy atom. The molecular weight excluding hydrogens is 590 g/mol. The maximum Gasteiger partial charge on any atom is 0.273 e. The van der Waals surface area contributed by atoms with Crippen LogP contribution in [0.15, 0.2) is 110 Å². The maximum atomic E-state index is 12.6. The predicted molar refractivity (Wildman–Crippen MR) is 153 cm³/mol. The minimum Gasteiger partial charge on any atom is -0.488 e. The van der Waals surface area contributed by atoms with Gasteiger partial charge >= 0.3 is 0 Å². The summed E-state index contributed by atoms with van der Waals surface area (Å²) >= 11 is 6.22. The lowest BCUT2D eigenvalue weighted by atomic mass is 10.0. The van der Waals surface area contributed by atoms with Gasteiger partial charge in [-0.2, -0.15) is 0 Å². The van der Waals surface area contributed by atoms with E-state index in [1.54, 1.807) is 34.9 Å². The SMILES string of the molecule is O=C(NS(=O)(=O)c1cccs1)c1ccc(-c2sccc2-c2cc(Br)ccc2OCc2ccccc2)cc1. The van der Waals surface area contributed by atoms with Crippen molar-refractivity contribution in [2.45, 2.75) is 10.8 Å². The van der Waals surface area contributed by atoms with E-state index in [1.807, 2.05) is 72.1 Å². The van der Waals surface area contributed by atoms with Gasteiger partial charge in [0.15, 0.2) is 0 Å². The molecule has 2 aromatic heterocycles. The van der Waals surface area contributed by atoms with Gasteiger partial charge < -0.3 is 4.74 Å². The quantitative estimate of drug-likeness (QED) is 0.196. The normalized spacial score (nSPS) is 11.3. The first-order valence-corrected chi connectivity index (χ1v) is 15.2. The van der Waals surface area contributed by atoms with Crippen LogP contribution in [-0.4, -0.2) is 14.3 Å². The molecule has 0 bridgehead atoms. The van der Waals surface area contributed by atoms with E-state index in [4.69, 9.17) is 4.74 Å². The molecule has 186 valence electrons. The first-order chi connectivity index (χ1) is 17.9. The Kier molecular flexibility index (Phi) is 7.57. The van der Waals surface area contributed by atoms with Crippen LogP contribution >= 0.6 is 38.6 Å². The highest BCUT2D eigenvalue weighted by atomic mass is 79.9. The Morgan fingerprint density at radius 2 is 1.62 bits per heavy atom. The number of carbonyl (C=O) groups is 1. The van der Waals surface area contributed by atoms with Gasteiger partial charge in [-0.15, -0.1) is 22.7 Å². The van der Waals surface area contributed by atoms with Crippen LogP contribution in [0.3, 0.4) is 0 Å². The second-order valence-corrected chi connectivity index (χ2v) is 12.7. The van der Waals surface area contributed by atoms with Crippen molar-refractivity contribution >= 4 is 54.5 Å². The minimum atomic E-state index is -3.89. The van der Waals surface area contributed by atoms with Crippen molar-refractivity contribution in [2.75, 3.05) is 0 Å². The number of hydrogen-bond acceptors (Lipinski definition) is 6. The largest absolute Gasteiger partial charge is 0.488 e. The van der Waals surface area contributed by atoms with Crippen molar-refractivity contribution < 1.29 is 17.9 Å². The summed E-state index contributed by atoms with van der Waals surface area (Å²) in [5.41, 5.74) is 4.21. The Morgan fingerprint density at radius 1 is 0.838 bits per heavy atom. The molecular formula is C28H20BrNO4S3. The zero-order valence-electron chi connectivity index (χ0n) is 19.3. The van der Waals surface area contributed by atoms with Crippen molar-refractivity contribution in [2.24, 2.45) is 0 Å². The van der Waals surface area contributed by atoms with E-state index in [-0.39, 0.29) is 9.77 Å². The van der Waals surface area contributed by atoms with Gasteiger partial charge in [0, 0.05) is 26.0 Å². The van der Waals surface area contributed by atoms with E-state index in [1.165, 1.54) is 6.07 Å². The molecule has 0 saturated heterocycles. The lowest BCUT2D eigenvalue weighted by Gasteiger charge is -2.13. The van der Waals surface area contributed by atoms with Gasteiger partial charge in [0.25, 0.3) is 15.9 Å². The number of hydrogen-bond donors (Lipinski definition) is 1. The topological polar surface area (TPSA) is 72.5 Å². The molecule has 1 N–H and O–H groups in total. The molecule has 0 aliphatic rings. The van der Waals surface area contributed by atoms with Gasteiger partial charge in [0.1, 0.15) is 16.6 Å². The number of rotatable bonds is 8. The molecule has 9 heteroatoms. The Hall–Kier alpha value is -3.24. The number of amides is 1. The lowest BCUT2D eigenvalue weighted by Crippen LogP contribution is -2.29. The molecule has 0 saturated carbocycles. The smallest absolute Gasteiger partial charge is 0.273 e. The summed E-state index contributed by atoms with van der Waals surface area (Å²) in [7, 11) is -3.89. The molecule has 0 spiro atoms. The van der Waals surface area contributed by atoms with Gasteiger partial charge in [-0.05, 0) is 64.4 Å². The molecule has 0 unspecified atom stereocenters. The molecule has 5 nitrogen and oxygen atoms in total. The average Bonchev–Trinajstić information content (AvgIpc) is 3.62. The molecule has 37 heavy (non-hydrogen) atoms. The molecule has 0 radical (unpaired) electrons. The molecule has 0 atom stereocenters. The minimum absolute atomic E-state index is 0.0972. The number of ether oxygens (including phenoxy) is 1. The summed E-state index contributed by atoms with van der Waals surface area (Å²) in [5.74, 6) is 0.0939. The molecule has 0 fully saturated rings. The van der Waals surface area contributed by atoms with Gasteiger partial charge in [-0.25, -0.2) is 13.1 Å². The fraction of sp³-hybridized carbons (Fsp3) is 0.0357. The van der Waals surface area contributed by atoms with E-state index in [2.05, 4.69) is 20.7 Å². The second kappa shape index (κ2) is 11.0. The summed E-state index contributed by atoms with van der Waals surface area (Å²) in [5, 5.41) is 3.66. The van der Waals surface area contributed by atoms with Crippen molar-refractivity contribution in [1.29, 1.82) is 0 Å². The Balaban J connectivity index is 1.39. The summed E-state index contributed by atoms with van der Waals surface area (Å²) in [6, 6.07) is 28.0. The third kappa shape index (κ3) is 5.86. The van der Waals surface area contributed by atoms with Crippen molar-refractivity contribution in [3.63, 3.8) is 0 Å². The molecule has 1 amide bonds. The van der Waals surface area contributed by atoms with E-state index in [9.17, 15) is 13.2 Å². The number of sulfonamides is 1. The number of carbonyl (C=O) groups excluding carboxylic acids is 1. The predicted octanol–water partition coefficient (Wildman–Crippen LogP) is 7.60. The Bertz CT molecular complexity index is 1630. The van der Waals surface area contributed by atoms with Crippen LogP contribution in [-0.2, 0) is 16.6 Å². The monoisotopic (exact) mass is 609 g/mol. The molecule has 5 rings (SSSR count). The van der Waals surface area contributed by atoms with Gasteiger partial charge in [-0.3, -0.25) is 4.79 Å². The van der Waals surface area contributed by atoms with Crippen LogP contribution in [0, 0.1) is 0 Å². The van der Waals surface area contributed by atoms with Crippen LogP contribution in [0.5, 0.6) is 5.75 Å². The number of halogens is 1. The third-order valence-electron chi connectivity index (χ3n) is 5.53. The fourth-order valence-electron chi connectivity index (χ4n) is 3.74. The van der Waals surface area contributed by atoms with Crippen molar-refractivity contribution in [1.82, 2.24) is 4.72 Å². The Labute approximate surface area is 231 Å². The molecule has 0 aliphatic carbocycles. The van der Waals surface area contributed by atoms with Crippen molar-refractivity contribution in [3.8, 4) is 27.3 Å². The molecule has 3 aromatic carbocycles. The van der Waals surface area contributed by atoms with Crippen LogP contribution in [0.25, 0.3) is 21.6 Å². The first-order valence-electron chi connectivity index (χ1n) is 11.2. The summed E-state index contributed by atoms with van der Waals surface area (Å²) in [6.45, 7) is 0.452. The van der Waals surface area contributed by atoms with E-state index >= 15 is 0 Å². The van der Waals surface area contributed by atoms with Gasteiger partial charge in [0.05, 0.1) is 0 Å². The average molecular weight is 611 g/mol. The van der Waals surface area contributed by atoms with Crippen LogP contribution in [0.1, 0.15) is 15.9 Å². The molecule has 5 aromatic rings. The van der Waals surface area contributed by atoms with Gasteiger partial charge in [0.2, 0.25) is 0 Å². The highest BCUT2D eigenvalue weighted by molar-refractivity contribution is 9.10. The first kappa shape index (κ1) is 25.4.